The average Bonchev–Trinajstić information content (AvgIpc) is 3.50. The van der Waals surface area contributed by atoms with Crippen molar-refractivity contribution in [3.63, 3.8) is 0 Å². The van der Waals surface area contributed by atoms with E-state index in [1.807, 2.05) is 6.92 Å². The van der Waals surface area contributed by atoms with E-state index in [1.165, 1.54) is 28.6 Å². The van der Waals surface area contributed by atoms with Crippen LogP contribution >= 0.6 is 0 Å². The predicted molar refractivity (Wildman–Crippen MR) is 147 cm³/mol. The predicted octanol–water partition coefficient (Wildman–Crippen LogP) is 1.26. The summed E-state index contributed by atoms with van der Waals surface area (Å²) in [6, 6.07) is 5.96. The SMILES string of the molecule is Cc1cc(C(=O)Nc2cccc3c2O[C@H](CN(C)S(=O)(=O)c2cn(C)cn2)[C@H](C)CN([C@H](C)CO)C3=O)n(C)n1. The minimum atomic E-state index is -3.93. The van der Waals surface area contributed by atoms with E-state index in [-0.39, 0.29) is 53.5 Å². The molecule has 0 fully saturated rings. The van der Waals surface area contributed by atoms with E-state index in [1.54, 1.807) is 61.7 Å². The summed E-state index contributed by atoms with van der Waals surface area (Å²) in [5.74, 6) is -1.05. The molecule has 3 heterocycles. The molecule has 1 aliphatic heterocycles. The van der Waals surface area contributed by atoms with E-state index >= 15 is 0 Å². The number of benzene rings is 1. The number of aliphatic hydroxyl groups excluding tert-OH is 1. The van der Waals surface area contributed by atoms with Gasteiger partial charge in [0.1, 0.15) is 11.8 Å². The number of amides is 2. The lowest BCUT2D eigenvalue weighted by Crippen LogP contribution is -2.50. The largest absolute Gasteiger partial charge is 0.486 e. The number of para-hydroxylation sites is 1. The maximum atomic E-state index is 13.7. The number of carbonyl (C=O) groups is 2. The molecule has 2 amide bonds. The van der Waals surface area contributed by atoms with Gasteiger partial charge in [0, 0.05) is 39.8 Å². The summed E-state index contributed by atoms with van der Waals surface area (Å²) in [4.78, 5) is 32.3. The van der Waals surface area contributed by atoms with Crippen LogP contribution in [0.5, 0.6) is 5.75 Å². The van der Waals surface area contributed by atoms with E-state index in [2.05, 4.69) is 15.4 Å². The van der Waals surface area contributed by atoms with Gasteiger partial charge in [-0.1, -0.05) is 13.0 Å². The zero-order valence-corrected chi connectivity index (χ0v) is 24.2. The number of ether oxygens (including phenoxy) is 1. The number of nitrogens with one attached hydrogen (secondary N) is 1. The molecular formula is C26H35N7O6S. The van der Waals surface area contributed by atoms with Crippen molar-refractivity contribution in [2.75, 3.05) is 32.1 Å². The Hall–Kier alpha value is -3.75. The first-order chi connectivity index (χ1) is 18.8. The minimum Gasteiger partial charge on any atom is -0.486 e. The Morgan fingerprint density at radius 1 is 1.32 bits per heavy atom. The van der Waals surface area contributed by atoms with Crippen LogP contribution in [0.25, 0.3) is 0 Å². The van der Waals surface area contributed by atoms with Crippen molar-refractivity contribution in [3.05, 3.63) is 53.7 Å². The molecule has 13 nitrogen and oxygen atoms in total. The Balaban J connectivity index is 1.74. The molecule has 4 rings (SSSR count). The highest BCUT2D eigenvalue weighted by molar-refractivity contribution is 7.89. The van der Waals surface area contributed by atoms with Gasteiger partial charge in [-0.25, -0.2) is 13.4 Å². The number of aliphatic hydroxyl groups is 1. The highest BCUT2D eigenvalue weighted by Crippen LogP contribution is 2.35. The summed E-state index contributed by atoms with van der Waals surface area (Å²) in [5.41, 5.74) is 1.42. The van der Waals surface area contributed by atoms with Crippen LogP contribution in [-0.2, 0) is 24.1 Å². The van der Waals surface area contributed by atoms with Gasteiger partial charge in [-0.2, -0.15) is 9.40 Å². The van der Waals surface area contributed by atoms with Crippen molar-refractivity contribution in [1.29, 1.82) is 0 Å². The molecule has 1 aromatic carbocycles. The van der Waals surface area contributed by atoms with Crippen molar-refractivity contribution in [2.24, 2.45) is 20.0 Å². The summed E-state index contributed by atoms with van der Waals surface area (Å²) in [5, 5.41) is 16.8. The Morgan fingerprint density at radius 3 is 2.65 bits per heavy atom. The van der Waals surface area contributed by atoms with E-state index in [0.717, 1.165) is 0 Å². The third-order valence-electron chi connectivity index (χ3n) is 6.97. The highest BCUT2D eigenvalue weighted by atomic mass is 32.2. The number of likely N-dealkylation sites (N-methyl/N-ethyl adjacent to an activating group) is 1. The van der Waals surface area contributed by atoms with Crippen LogP contribution in [0.4, 0.5) is 5.69 Å². The van der Waals surface area contributed by atoms with Gasteiger partial charge in [-0.15, -0.1) is 0 Å². The number of hydrogen-bond acceptors (Lipinski definition) is 8. The second-order valence-electron chi connectivity index (χ2n) is 10.2. The Bertz CT molecular complexity index is 1520. The number of aromatic nitrogens is 4. The normalized spacial score (nSPS) is 18.6. The molecule has 0 bridgehead atoms. The van der Waals surface area contributed by atoms with Crippen LogP contribution in [0.2, 0.25) is 0 Å². The van der Waals surface area contributed by atoms with Crippen LogP contribution < -0.4 is 10.1 Å². The van der Waals surface area contributed by atoms with Gasteiger partial charge in [0.05, 0.1) is 42.5 Å². The molecule has 3 aromatic rings. The van der Waals surface area contributed by atoms with E-state index in [4.69, 9.17) is 4.74 Å². The number of imidazole rings is 1. The number of fused-ring (bicyclic) bond motifs is 1. The Labute approximate surface area is 233 Å². The molecule has 14 heteroatoms. The maximum Gasteiger partial charge on any atom is 0.274 e. The molecule has 3 atom stereocenters. The lowest BCUT2D eigenvalue weighted by molar-refractivity contribution is 0.0388. The number of aryl methyl sites for hydroxylation is 3. The fourth-order valence-electron chi connectivity index (χ4n) is 4.60. The molecule has 0 saturated carbocycles. The summed E-state index contributed by atoms with van der Waals surface area (Å²) in [6.07, 6.45) is 2.10. The van der Waals surface area contributed by atoms with Crippen LogP contribution in [-0.4, -0.2) is 92.8 Å². The summed E-state index contributed by atoms with van der Waals surface area (Å²) in [7, 11) is 0.845. The van der Waals surface area contributed by atoms with E-state index in [0.29, 0.717) is 11.4 Å². The summed E-state index contributed by atoms with van der Waals surface area (Å²) < 4.78 is 37.0. The smallest absolute Gasteiger partial charge is 0.274 e. The molecule has 0 spiro atoms. The van der Waals surface area contributed by atoms with Gasteiger partial charge in [-0.05, 0) is 32.0 Å². The number of nitrogens with zero attached hydrogens (tertiary/aromatic N) is 6. The molecule has 0 aliphatic carbocycles. The van der Waals surface area contributed by atoms with Gasteiger partial charge < -0.3 is 24.6 Å². The third-order valence-corrected chi connectivity index (χ3v) is 8.68. The van der Waals surface area contributed by atoms with Crippen molar-refractivity contribution in [3.8, 4) is 5.75 Å². The quantitative estimate of drug-likeness (QED) is 0.409. The average molecular weight is 574 g/mol. The van der Waals surface area contributed by atoms with Crippen molar-refractivity contribution in [1.82, 2.24) is 28.5 Å². The van der Waals surface area contributed by atoms with E-state index in [9.17, 15) is 23.1 Å². The van der Waals surface area contributed by atoms with Crippen LogP contribution in [0.15, 0.2) is 41.8 Å². The standard InChI is InChI=1S/C26H35N7O6S/c1-16-11-33(18(3)14-34)26(36)19-8-7-9-20(28-25(35)21-10-17(2)29-32(21)6)24(19)39-22(16)12-31(5)40(37,38)23-13-30(4)15-27-23/h7-10,13,15-16,18,22,34H,11-12,14H2,1-6H3,(H,28,35)/t16-,18-,22-/m1/s1. The van der Waals surface area contributed by atoms with Crippen LogP contribution in [0.1, 0.15) is 40.4 Å². The molecule has 40 heavy (non-hydrogen) atoms. The fourth-order valence-corrected chi connectivity index (χ4v) is 5.74. The lowest BCUT2D eigenvalue weighted by Gasteiger charge is -2.38. The zero-order valence-electron chi connectivity index (χ0n) is 23.4. The van der Waals surface area contributed by atoms with Gasteiger partial charge in [0.25, 0.3) is 21.8 Å². The third kappa shape index (κ3) is 5.74. The molecule has 216 valence electrons. The van der Waals surface area contributed by atoms with Crippen molar-refractivity contribution < 1.29 is 27.9 Å². The molecular weight excluding hydrogens is 538 g/mol. The molecule has 0 unspecified atom stereocenters. The molecule has 2 N–H and O–H groups in total. The van der Waals surface area contributed by atoms with Gasteiger partial charge in [-0.3, -0.25) is 14.3 Å². The molecule has 1 aliphatic rings. The first-order valence-corrected chi connectivity index (χ1v) is 14.2. The summed E-state index contributed by atoms with van der Waals surface area (Å²) >= 11 is 0. The topological polar surface area (TPSA) is 152 Å². The van der Waals surface area contributed by atoms with Crippen molar-refractivity contribution >= 4 is 27.5 Å². The Morgan fingerprint density at radius 2 is 2.05 bits per heavy atom. The number of anilines is 1. The van der Waals surface area contributed by atoms with Gasteiger partial charge in [0.15, 0.2) is 10.8 Å². The first kappa shape index (κ1) is 29.2. The second-order valence-corrected chi connectivity index (χ2v) is 12.2. The zero-order chi connectivity index (χ0) is 29.4. The number of rotatable bonds is 8. The molecule has 2 aromatic heterocycles. The lowest BCUT2D eigenvalue weighted by atomic mass is 9.99. The van der Waals surface area contributed by atoms with Crippen LogP contribution in [0.3, 0.4) is 0 Å². The van der Waals surface area contributed by atoms with Gasteiger partial charge >= 0.3 is 0 Å². The minimum absolute atomic E-state index is 0.0573. The molecule has 0 saturated heterocycles. The van der Waals surface area contributed by atoms with Gasteiger partial charge in [0.2, 0.25) is 0 Å². The van der Waals surface area contributed by atoms with Crippen LogP contribution in [0, 0.1) is 12.8 Å². The number of carbonyl (C=O) groups excluding carboxylic acids is 2. The Kier molecular flexibility index (Phi) is 8.33. The van der Waals surface area contributed by atoms with E-state index < -0.39 is 28.1 Å². The fraction of sp³-hybridized carbons (Fsp3) is 0.462. The summed E-state index contributed by atoms with van der Waals surface area (Å²) in [6.45, 7) is 5.25. The monoisotopic (exact) mass is 573 g/mol. The molecule has 0 radical (unpaired) electrons. The second kappa shape index (κ2) is 11.4. The maximum absolute atomic E-state index is 13.7. The highest BCUT2D eigenvalue weighted by Gasteiger charge is 2.36. The number of sulfonamides is 1. The number of hydrogen-bond donors (Lipinski definition) is 2. The van der Waals surface area contributed by atoms with Crippen molar-refractivity contribution in [2.45, 2.75) is 37.9 Å². The first-order valence-electron chi connectivity index (χ1n) is 12.8.